The molecule has 3 aromatic rings. The molecule has 3 heterocycles. The Labute approximate surface area is 218 Å². The number of hydrogen-bond acceptors (Lipinski definition) is 4. The van der Waals surface area contributed by atoms with Crippen molar-refractivity contribution in [2.75, 3.05) is 39.3 Å². The van der Waals surface area contributed by atoms with Crippen molar-refractivity contribution in [3.05, 3.63) is 75.9 Å². The Morgan fingerprint density at radius 3 is 2.46 bits per heavy atom. The molecule has 0 N–H and O–H groups in total. The fraction of sp³-hybridized carbons (Fsp3) is 0.407. The first-order valence-corrected chi connectivity index (χ1v) is 12.7. The van der Waals surface area contributed by atoms with Gasteiger partial charge in [-0.3, -0.25) is 4.79 Å². The van der Waals surface area contributed by atoms with E-state index in [0.29, 0.717) is 30.2 Å². The molecule has 0 bridgehead atoms. The quantitative estimate of drug-likeness (QED) is 0.330. The summed E-state index contributed by atoms with van der Waals surface area (Å²) in [6.45, 7) is 5.97. The Kier molecular flexibility index (Phi) is 7.18. The molecule has 2 saturated heterocycles. The molecule has 6 nitrogen and oxygen atoms in total. The maximum Gasteiger partial charge on any atom is 0.452 e. The van der Waals surface area contributed by atoms with Crippen LogP contribution in [-0.4, -0.2) is 60.0 Å². The predicted molar refractivity (Wildman–Crippen MR) is 135 cm³/mol. The number of alkyl halides is 3. The van der Waals surface area contributed by atoms with Crippen LogP contribution in [0, 0.1) is 18.8 Å². The normalized spacial score (nSPS) is 19.9. The lowest BCUT2D eigenvalue weighted by Crippen LogP contribution is -2.34. The number of carbonyl (C=O) groups excluding carboxylic acids is 1. The number of oxazole rings is 1. The summed E-state index contributed by atoms with van der Waals surface area (Å²) >= 11 is 6.16. The van der Waals surface area contributed by atoms with Crippen LogP contribution in [0.1, 0.15) is 28.2 Å². The highest BCUT2D eigenvalue weighted by atomic mass is 35.5. The third-order valence-corrected chi connectivity index (χ3v) is 7.45. The van der Waals surface area contributed by atoms with Crippen molar-refractivity contribution in [1.29, 1.82) is 0 Å². The molecule has 0 aliphatic carbocycles. The molecular weight excluding hydrogens is 505 g/mol. The van der Waals surface area contributed by atoms with Crippen LogP contribution in [0.3, 0.4) is 0 Å². The number of nitrogens with zero attached hydrogens (tertiary/aromatic N) is 4. The smallest absolute Gasteiger partial charge is 0.452 e. The summed E-state index contributed by atoms with van der Waals surface area (Å²) in [6, 6.07) is 14.1. The fourth-order valence-electron chi connectivity index (χ4n) is 5.13. The van der Waals surface area contributed by atoms with E-state index in [0.717, 1.165) is 37.3 Å². The largest absolute Gasteiger partial charge is 0.684 e. The Morgan fingerprint density at radius 1 is 1.11 bits per heavy atom. The van der Waals surface area contributed by atoms with Gasteiger partial charge in [-0.05, 0) is 43.0 Å². The van der Waals surface area contributed by atoms with Crippen molar-refractivity contribution in [1.82, 2.24) is 14.8 Å². The molecule has 196 valence electrons. The van der Waals surface area contributed by atoms with Crippen LogP contribution in [0.5, 0.6) is 0 Å². The number of aromatic nitrogens is 1. The topological polar surface area (TPSA) is 63.7 Å². The summed E-state index contributed by atoms with van der Waals surface area (Å²) in [5, 5.41) is 5.30. The maximum absolute atomic E-state index is 13.7. The molecule has 2 aliphatic rings. The van der Waals surface area contributed by atoms with Crippen LogP contribution in [-0.2, 0) is 6.18 Å². The average molecular weight is 532 g/mol. The van der Waals surface area contributed by atoms with Crippen molar-refractivity contribution in [2.24, 2.45) is 11.8 Å². The number of hydrogen-bond donors (Lipinski definition) is 0. The second-order valence-electron chi connectivity index (χ2n) is 9.72. The van der Waals surface area contributed by atoms with E-state index in [1.807, 2.05) is 25.1 Å². The van der Waals surface area contributed by atoms with Crippen LogP contribution in [0.15, 0.2) is 52.9 Å². The van der Waals surface area contributed by atoms with E-state index in [9.17, 15) is 18.0 Å². The average Bonchev–Trinajstić information content (AvgIpc) is 3.57. The molecule has 1 amide bonds. The molecule has 37 heavy (non-hydrogen) atoms. The van der Waals surface area contributed by atoms with E-state index in [2.05, 4.69) is 15.2 Å². The van der Waals surface area contributed by atoms with Crippen molar-refractivity contribution in [3.63, 3.8) is 0 Å². The maximum atomic E-state index is 13.7. The minimum atomic E-state index is -4.81. The summed E-state index contributed by atoms with van der Waals surface area (Å²) in [6.07, 6.45) is -3.92. The molecule has 2 aromatic carbocycles. The lowest BCUT2D eigenvalue weighted by Gasteiger charge is -2.25. The molecule has 5 rings (SSSR count). The highest BCUT2D eigenvalue weighted by molar-refractivity contribution is 6.31. The lowest BCUT2D eigenvalue weighted by atomic mass is 10.0. The highest BCUT2D eigenvalue weighted by Crippen LogP contribution is 2.38. The van der Waals surface area contributed by atoms with E-state index < -0.39 is 23.5 Å². The van der Waals surface area contributed by atoms with Gasteiger partial charge in [0.05, 0.1) is 0 Å². The molecule has 2 unspecified atom stereocenters. The summed E-state index contributed by atoms with van der Waals surface area (Å²) in [4.78, 5) is 20.9. The van der Waals surface area contributed by atoms with Gasteiger partial charge in [-0.2, -0.15) is 13.2 Å². The van der Waals surface area contributed by atoms with Gasteiger partial charge in [0, 0.05) is 36.8 Å². The minimum Gasteiger partial charge on any atom is -0.684 e. The second kappa shape index (κ2) is 10.4. The molecule has 2 aliphatic heterocycles. The van der Waals surface area contributed by atoms with Gasteiger partial charge >= 0.3 is 6.18 Å². The van der Waals surface area contributed by atoms with Crippen LogP contribution < -0.4 is 0 Å². The number of benzene rings is 2. The number of fused-ring (bicyclic) bond motifs is 1. The van der Waals surface area contributed by atoms with E-state index in [4.69, 9.17) is 16.0 Å². The standard InChI is InChI=1S/C27H27ClF3N4O2/c1-17-8-9-21(12-22(17)28)32-10-5-11-34-13-19-15-35(16-20(19)14-34)26(36)23-24(27(29,30)31)37-25(33-23)18-6-3-2-4-7-18/h2-4,6-9,12,19-20H,5,10-11,13-16H2,1H3/q-1. The van der Waals surface area contributed by atoms with Gasteiger partial charge in [0.1, 0.15) is 0 Å². The van der Waals surface area contributed by atoms with Crippen molar-refractivity contribution in [3.8, 4) is 11.5 Å². The number of carbonyl (C=O) groups is 1. The predicted octanol–water partition coefficient (Wildman–Crippen LogP) is 6.42. The van der Waals surface area contributed by atoms with Gasteiger partial charge < -0.3 is 19.5 Å². The van der Waals surface area contributed by atoms with E-state index in [1.54, 1.807) is 30.3 Å². The van der Waals surface area contributed by atoms with Gasteiger partial charge in [-0.1, -0.05) is 54.4 Å². The second-order valence-corrected chi connectivity index (χ2v) is 10.1. The molecule has 0 saturated carbocycles. The van der Waals surface area contributed by atoms with Gasteiger partial charge in [-0.25, -0.2) is 4.98 Å². The monoisotopic (exact) mass is 531 g/mol. The van der Waals surface area contributed by atoms with Gasteiger partial charge in [-0.15, -0.1) is 12.2 Å². The molecule has 0 radical (unpaired) electrons. The third kappa shape index (κ3) is 5.62. The number of rotatable bonds is 7. The Balaban J connectivity index is 1.16. The molecule has 0 spiro atoms. The zero-order valence-corrected chi connectivity index (χ0v) is 21.1. The first-order valence-electron chi connectivity index (χ1n) is 12.3. The molecule has 2 fully saturated rings. The Bertz CT molecular complexity index is 1250. The summed E-state index contributed by atoms with van der Waals surface area (Å²) in [7, 11) is 0. The van der Waals surface area contributed by atoms with E-state index in [-0.39, 0.29) is 17.7 Å². The van der Waals surface area contributed by atoms with Crippen molar-refractivity contribution < 1.29 is 22.4 Å². The zero-order chi connectivity index (χ0) is 26.2. The number of aryl methyl sites for hydroxylation is 1. The number of amides is 1. The zero-order valence-electron chi connectivity index (χ0n) is 20.3. The third-order valence-electron chi connectivity index (χ3n) is 7.04. The van der Waals surface area contributed by atoms with Crippen LogP contribution in [0.4, 0.5) is 18.9 Å². The summed E-state index contributed by atoms with van der Waals surface area (Å²) in [5.41, 5.74) is 1.61. The molecule has 1 aromatic heterocycles. The summed E-state index contributed by atoms with van der Waals surface area (Å²) < 4.78 is 46.1. The van der Waals surface area contributed by atoms with Crippen molar-refractivity contribution in [2.45, 2.75) is 19.5 Å². The molecule has 2 atom stereocenters. The SMILES string of the molecule is Cc1ccc([N-]CCCN2CC3CN(C(=O)c4nc(-c5ccccc5)oc4C(F)(F)F)CC3C2)cc1Cl. The van der Waals surface area contributed by atoms with Gasteiger partial charge in [0.15, 0.2) is 5.69 Å². The van der Waals surface area contributed by atoms with Crippen LogP contribution in [0.2, 0.25) is 5.02 Å². The molecule has 10 heteroatoms. The van der Waals surface area contributed by atoms with Crippen molar-refractivity contribution >= 4 is 23.2 Å². The van der Waals surface area contributed by atoms with Gasteiger partial charge in [0.25, 0.3) is 5.91 Å². The first kappa shape index (κ1) is 25.6. The Morgan fingerprint density at radius 2 is 1.81 bits per heavy atom. The minimum absolute atomic E-state index is 0.208. The highest BCUT2D eigenvalue weighted by Gasteiger charge is 2.46. The van der Waals surface area contributed by atoms with Crippen LogP contribution >= 0.6 is 11.6 Å². The Hall–Kier alpha value is -3.04. The lowest BCUT2D eigenvalue weighted by molar-refractivity contribution is -0.153. The summed E-state index contributed by atoms with van der Waals surface area (Å²) in [5.74, 6) is -1.82. The van der Waals surface area contributed by atoms with E-state index >= 15 is 0 Å². The van der Waals surface area contributed by atoms with Gasteiger partial charge in [0.2, 0.25) is 11.7 Å². The number of likely N-dealkylation sites (tertiary alicyclic amines) is 2. The van der Waals surface area contributed by atoms with Crippen LogP contribution in [0.25, 0.3) is 16.8 Å². The molecular formula is C27H27ClF3N4O2-. The fourth-order valence-corrected chi connectivity index (χ4v) is 5.31. The number of halogens is 4. The first-order chi connectivity index (χ1) is 17.7. The van der Waals surface area contributed by atoms with E-state index in [1.165, 1.54) is 4.90 Å².